The van der Waals surface area contributed by atoms with Gasteiger partial charge < -0.3 is 12.7 Å². The number of hydrogen-bond acceptors (Lipinski definition) is 3. The number of carbonyl (C=O) groups excluding carboxylic acids is 1. The summed E-state index contributed by atoms with van der Waals surface area (Å²) < 4.78 is 5.27. The van der Waals surface area contributed by atoms with Gasteiger partial charge in [-0.25, -0.2) is 9.59 Å². The van der Waals surface area contributed by atoms with E-state index in [4.69, 9.17) is 9.84 Å². The van der Waals surface area contributed by atoms with Crippen LogP contribution in [0.4, 0.5) is 0 Å². The van der Waals surface area contributed by atoms with E-state index >= 15 is 0 Å². The van der Waals surface area contributed by atoms with Crippen molar-refractivity contribution in [3.8, 4) is 0 Å². The number of rotatable bonds is 23. The van der Waals surface area contributed by atoms with Gasteiger partial charge in [0.05, 0.1) is 17.7 Å². The first-order valence-corrected chi connectivity index (χ1v) is 14.2. The number of carboxylic acid groups (broad SMARTS) is 1. The molecular formula is C30H52CaO4. The summed E-state index contributed by atoms with van der Waals surface area (Å²) in [6.45, 7) is 2.68. The molecule has 35 heavy (non-hydrogen) atoms. The summed E-state index contributed by atoms with van der Waals surface area (Å²) in [5.74, 6) is -1.48. The fourth-order valence-corrected chi connectivity index (χ4v) is 4.38. The molecule has 0 unspecified atom stereocenters. The minimum Gasteiger partial charge on any atom is -1.00 e. The van der Waals surface area contributed by atoms with Crippen molar-refractivity contribution in [1.82, 2.24) is 0 Å². The number of carbonyl (C=O) groups is 2. The zero-order valence-corrected chi connectivity index (χ0v) is 24.7. The molecule has 0 amide bonds. The fourth-order valence-electron chi connectivity index (χ4n) is 4.38. The van der Waals surface area contributed by atoms with Crippen LogP contribution in [0.15, 0.2) is 24.3 Å². The van der Waals surface area contributed by atoms with E-state index < -0.39 is 11.9 Å². The van der Waals surface area contributed by atoms with Crippen LogP contribution in [-0.2, 0) is 4.74 Å². The van der Waals surface area contributed by atoms with E-state index in [1.807, 2.05) is 0 Å². The second-order valence-electron chi connectivity index (χ2n) is 9.74. The van der Waals surface area contributed by atoms with Crippen molar-refractivity contribution in [3.05, 3.63) is 35.4 Å². The zero-order chi connectivity index (χ0) is 24.7. The molecule has 0 bridgehead atoms. The van der Waals surface area contributed by atoms with Gasteiger partial charge in [-0.15, -0.1) is 0 Å². The van der Waals surface area contributed by atoms with Crippen LogP contribution in [0.2, 0.25) is 0 Å². The summed E-state index contributed by atoms with van der Waals surface area (Å²) >= 11 is 0. The molecule has 1 aromatic carbocycles. The number of esters is 1. The van der Waals surface area contributed by atoms with Gasteiger partial charge in [0, 0.05) is 0 Å². The predicted molar refractivity (Wildman–Crippen MR) is 150 cm³/mol. The topological polar surface area (TPSA) is 63.6 Å². The fraction of sp³-hybridized carbons (Fsp3) is 0.733. The van der Waals surface area contributed by atoms with Gasteiger partial charge >= 0.3 is 49.7 Å². The zero-order valence-electron chi connectivity index (χ0n) is 24.5. The molecule has 1 rings (SSSR count). The van der Waals surface area contributed by atoms with Crippen LogP contribution in [-0.4, -0.2) is 61.4 Å². The van der Waals surface area contributed by atoms with Crippen molar-refractivity contribution >= 4 is 49.7 Å². The first-order chi connectivity index (χ1) is 16.6. The van der Waals surface area contributed by atoms with Gasteiger partial charge in [-0.1, -0.05) is 135 Å². The molecule has 5 heteroatoms. The second-order valence-corrected chi connectivity index (χ2v) is 9.74. The molecule has 0 saturated heterocycles. The van der Waals surface area contributed by atoms with Crippen molar-refractivity contribution in [3.63, 3.8) is 0 Å². The molecule has 0 aliphatic heterocycles. The summed E-state index contributed by atoms with van der Waals surface area (Å²) in [6, 6.07) is 5.99. The van der Waals surface area contributed by atoms with Crippen LogP contribution >= 0.6 is 0 Å². The molecule has 0 radical (unpaired) electrons. The first-order valence-electron chi connectivity index (χ1n) is 14.2. The summed E-state index contributed by atoms with van der Waals surface area (Å²) in [5, 5.41) is 9.00. The van der Waals surface area contributed by atoms with Gasteiger partial charge in [0.25, 0.3) is 0 Å². The SMILES string of the molecule is CCCCCCCCCCCCCCCCCCCCCCOC(=O)c1cccc(C(=O)O)c1.[Ca+2].[H-].[H-]. The van der Waals surface area contributed by atoms with E-state index in [-0.39, 0.29) is 46.2 Å². The Bertz CT molecular complexity index is 658. The minimum absolute atomic E-state index is 0. The van der Waals surface area contributed by atoms with Crippen LogP contribution in [0.5, 0.6) is 0 Å². The van der Waals surface area contributed by atoms with Crippen LogP contribution < -0.4 is 0 Å². The number of hydrogen-bond donors (Lipinski definition) is 1. The van der Waals surface area contributed by atoms with Crippen molar-refractivity contribution in [2.75, 3.05) is 6.61 Å². The van der Waals surface area contributed by atoms with Crippen LogP contribution in [0.1, 0.15) is 159 Å². The van der Waals surface area contributed by atoms with E-state index in [2.05, 4.69) is 6.92 Å². The monoisotopic (exact) mass is 516 g/mol. The van der Waals surface area contributed by atoms with E-state index in [0.717, 1.165) is 12.8 Å². The Kier molecular flexibility index (Phi) is 24.7. The first kappa shape index (κ1) is 34.4. The minimum atomic E-state index is -1.04. The normalized spacial score (nSPS) is 10.7. The molecule has 0 heterocycles. The Hall–Kier alpha value is -0.580. The summed E-state index contributed by atoms with van der Waals surface area (Å²) in [7, 11) is 0. The van der Waals surface area contributed by atoms with Crippen LogP contribution in [0.25, 0.3) is 0 Å². The van der Waals surface area contributed by atoms with Crippen LogP contribution in [0, 0.1) is 0 Å². The van der Waals surface area contributed by atoms with Gasteiger partial charge in [-0.05, 0) is 24.6 Å². The maximum absolute atomic E-state index is 12.0. The van der Waals surface area contributed by atoms with Crippen molar-refractivity contribution < 1.29 is 22.3 Å². The Balaban J connectivity index is -0.00000385. The maximum atomic E-state index is 12.0. The summed E-state index contributed by atoms with van der Waals surface area (Å²) in [6.07, 6.45) is 26.8. The molecule has 0 fully saturated rings. The largest absolute Gasteiger partial charge is 2.00 e. The number of ether oxygens (including phenoxy) is 1. The molecule has 0 aliphatic rings. The van der Waals surface area contributed by atoms with Crippen LogP contribution in [0.3, 0.4) is 0 Å². The third kappa shape index (κ3) is 20.2. The van der Waals surface area contributed by atoms with Crippen molar-refractivity contribution in [2.24, 2.45) is 0 Å². The quantitative estimate of drug-likeness (QED) is 0.0894. The van der Waals surface area contributed by atoms with Gasteiger partial charge in [0.15, 0.2) is 0 Å². The smallest absolute Gasteiger partial charge is 1.00 e. The molecule has 0 spiro atoms. The third-order valence-electron chi connectivity index (χ3n) is 6.58. The van der Waals surface area contributed by atoms with Gasteiger partial charge in [-0.2, -0.15) is 0 Å². The van der Waals surface area contributed by atoms with Crippen molar-refractivity contribution in [2.45, 2.75) is 135 Å². The van der Waals surface area contributed by atoms with E-state index in [9.17, 15) is 9.59 Å². The Morgan fingerprint density at radius 3 is 1.43 bits per heavy atom. The van der Waals surface area contributed by atoms with E-state index in [1.165, 1.54) is 128 Å². The van der Waals surface area contributed by atoms with Gasteiger partial charge in [0.1, 0.15) is 0 Å². The summed E-state index contributed by atoms with van der Waals surface area (Å²) in [4.78, 5) is 23.0. The molecule has 1 N–H and O–H groups in total. The number of unbranched alkanes of at least 4 members (excludes halogenated alkanes) is 19. The number of benzene rings is 1. The van der Waals surface area contributed by atoms with E-state index in [1.54, 1.807) is 12.1 Å². The molecule has 198 valence electrons. The molecule has 0 saturated carbocycles. The molecule has 0 aromatic heterocycles. The molecule has 1 aromatic rings. The summed E-state index contributed by atoms with van der Waals surface area (Å²) in [5.41, 5.74) is 0.404. The van der Waals surface area contributed by atoms with Gasteiger partial charge in [-0.3, -0.25) is 0 Å². The van der Waals surface area contributed by atoms with E-state index in [0.29, 0.717) is 12.2 Å². The second kappa shape index (κ2) is 25.1. The number of aromatic carboxylic acids is 1. The standard InChI is InChI=1S/C30H50O4.Ca.2H/c1-2-3-4-5-6-7-8-9-10-11-12-13-14-15-16-17-18-19-20-21-25-34-30(33)28-24-22-23-27(26-28)29(31)32;;;/h22-24,26H,2-21,25H2,1H3,(H,31,32);;;/q;+2;2*-1. The Morgan fingerprint density at radius 2 is 1.03 bits per heavy atom. The maximum Gasteiger partial charge on any atom is 2.00 e. The number of carboxylic acids is 1. The third-order valence-corrected chi connectivity index (χ3v) is 6.58. The molecule has 0 aliphatic carbocycles. The molecular weight excluding hydrogens is 464 g/mol. The Labute approximate surface area is 248 Å². The van der Waals surface area contributed by atoms with Crippen molar-refractivity contribution in [1.29, 1.82) is 0 Å². The van der Waals surface area contributed by atoms with Gasteiger partial charge in [0.2, 0.25) is 0 Å². The molecule has 4 nitrogen and oxygen atoms in total. The predicted octanol–water partition coefficient (Wildman–Crippen LogP) is 9.21. The Morgan fingerprint density at radius 1 is 0.657 bits per heavy atom. The average Bonchev–Trinajstić information content (AvgIpc) is 2.85. The average molecular weight is 517 g/mol. The molecule has 0 atom stereocenters.